The first kappa shape index (κ1) is 13.6. The van der Waals surface area contributed by atoms with Crippen LogP contribution >= 0.6 is 11.3 Å². The van der Waals surface area contributed by atoms with E-state index in [1.165, 1.54) is 29.1 Å². The molecule has 106 valence electrons. The Balaban J connectivity index is 1.90. The molecule has 0 radical (unpaired) electrons. The fourth-order valence-electron chi connectivity index (χ4n) is 3.08. The van der Waals surface area contributed by atoms with Gasteiger partial charge < -0.3 is 4.57 Å². The molecule has 0 saturated heterocycles. The number of aromatic nitrogens is 2. The quantitative estimate of drug-likeness (QED) is 0.808. The minimum Gasteiger partial charge on any atom is -0.324 e. The van der Waals surface area contributed by atoms with Crippen LogP contribution in [-0.4, -0.2) is 15.3 Å². The number of fused-ring (bicyclic) bond motifs is 1. The summed E-state index contributed by atoms with van der Waals surface area (Å²) in [6.45, 7) is 6.53. The van der Waals surface area contributed by atoms with Crippen molar-refractivity contribution in [3.63, 3.8) is 0 Å². The zero-order valence-corrected chi connectivity index (χ0v) is 13.1. The third-order valence-electron chi connectivity index (χ3n) is 4.07. The van der Waals surface area contributed by atoms with Crippen LogP contribution in [0.25, 0.3) is 0 Å². The van der Waals surface area contributed by atoms with Crippen LogP contribution < -0.4 is 0 Å². The van der Waals surface area contributed by atoms with E-state index in [-0.39, 0.29) is 5.78 Å². The number of nitrogens with zero attached hydrogens (tertiary/aromatic N) is 2. The van der Waals surface area contributed by atoms with E-state index in [2.05, 4.69) is 16.5 Å². The monoisotopic (exact) mass is 288 g/mol. The molecule has 2 heterocycles. The molecule has 2 aromatic heterocycles. The zero-order chi connectivity index (χ0) is 14.3. The summed E-state index contributed by atoms with van der Waals surface area (Å²) in [7, 11) is 0. The van der Waals surface area contributed by atoms with Crippen molar-refractivity contribution in [2.24, 2.45) is 0 Å². The molecule has 0 unspecified atom stereocenters. The Bertz CT molecular complexity index is 666. The Morgan fingerprint density at radius 1 is 1.30 bits per heavy atom. The minimum absolute atomic E-state index is 0.209. The van der Waals surface area contributed by atoms with Crippen molar-refractivity contribution in [3.8, 4) is 0 Å². The number of imidazole rings is 1. The van der Waals surface area contributed by atoms with E-state index in [4.69, 9.17) is 0 Å². The van der Waals surface area contributed by atoms with Gasteiger partial charge >= 0.3 is 0 Å². The van der Waals surface area contributed by atoms with Crippen LogP contribution in [0.2, 0.25) is 0 Å². The van der Waals surface area contributed by atoms with E-state index in [0.29, 0.717) is 6.54 Å². The van der Waals surface area contributed by atoms with Crippen LogP contribution in [0.5, 0.6) is 0 Å². The molecule has 0 amide bonds. The third-order valence-corrected chi connectivity index (χ3v) is 5.03. The predicted octanol–water partition coefficient (Wildman–Crippen LogP) is 3.63. The topological polar surface area (TPSA) is 34.9 Å². The van der Waals surface area contributed by atoms with Gasteiger partial charge in [0.25, 0.3) is 0 Å². The number of carbonyl (C=O) groups is 1. The molecule has 0 aromatic carbocycles. The Morgan fingerprint density at radius 2 is 2.05 bits per heavy atom. The summed E-state index contributed by atoms with van der Waals surface area (Å²) < 4.78 is 2.13. The van der Waals surface area contributed by atoms with Gasteiger partial charge in [-0.3, -0.25) is 4.79 Å². The first-order chi connectivity index (χ1) is 9.56. The number of Topliss-reactive ketones (excluding diaryl/α,β-unsaturated/α-hetero) is 1. The molecule has 0 N–H and O–H groups in total. The van der Waals surface area contributed by atoms with E-state index < -0.39 is 0 Å². The van der Waals surface area contributed by atoms with Gasteiger partial charge in [0, 0.05) is 21.0 Å². The van der Waals surface area contributed by atoms with Gasteiger partial charge in [0.15, 0.2) is 5.78 Å². The van der Waals surface area contributed by atoms with Crippen molar-refractivity contribution >= 4 is 17.1 Å². The molecule has 4 heteroatoms. The molecule has 0 fully saturated rings. The smallest absolute Gasteiger partial charge is 0.183 e. The normalized spacial score (nSPS) is 14.3. The molecular formula is C16H20N2OS. The molecule has 0 aliphatic heterocycles. The molecule has 1 aliphatic carbocycles. The van der Waals surface area contributed by atoms with Crippen LogP contribution in [-0.2, 0) is 19.4 Å². The lowest BCUT2D eigenvalue weighted by Gasteiger charge is -2.14. The van der Waals surface area contributed by atoms with E-state index in [1.54, 1.807) is 11.3 Å². The van der Waals surface area contributed by atoms with Crippen molar-refractivity contribution in [1.29, 1.82) is 0 Å². The van der Waals surface area contributed by atoms with E-state index in [0.717, 1.165) is 29.1 Å². The summed E-state index contributed by atoms with van der Waals surface area (Å²) in [4.78, 5) is 19.5. The van der Waals surface area contributed by atoms with Gasteiger partial charge in [-0.2, -0.15) is 0 Å². The standard InChI is InChI=1S/C16H20N2OS/c1-10-8-13(11(2)20-10)16(19)9-18-12(3)17-14-6-4-5-7-15(14)18/h8H,4-7,9H2,1-3H3. The molecule has 20 heavy (non-hydrogen) atoms. The summed E-state index contributed by atoms with van der Waals surface area (Å²) in [6, 6.07) is 2.01. The van der Waals surface area contributed by atoms with Gasteiger partial charge in [0.1, 0.15) is 5.82 Å². The lowest BCUT2D eigenvalue weighted by Crippen LogP contribution is -2.16. The molecule has 2 aromatic rings. The van der Waals surface area contributed by atoms with Crippen LogP contribution in [0.4, 0.5) is 0 Å². The molecule has 3 rings (SSSR count). The summed E-state index contributed by atoms with van der Waals surface area (Å²) in [5.41, 5.74) is 3.37. The van der Waals surface area contributed by atoms with E-state index in [1.807, 2.05) is 19.9 Å². The fraction of sp³-hybridized carbons (Fsp3) is 0.500. The predicted molar refractivity (Wildman–Crippen MR) is 81.7 cm³/mol. The van der Waals surface area contributed by atoms with Crippen molar-refractivity contribution in [2.45, 2.75) is 53.0 Å². The highest BCUT2D eigenvalue weighted by molar-refractivity contribution is 7.12. The Hall–Kier alpha value is -1.42. The maximum absolute atomic E-state index is 12.5. The van der Waals surface area contributed by atoms with E-state index in [9.17, 15) is 4.79 Å². The summed E-state index contributed by atoms with van der Waals surface area (Å²) in [5.74, 6) is 1.19. The fourth-order valence-corrected chi connectivity index (χ4v) is 4.02. The molecule has 0 atom stereocenters. The average Bonchev–Trinajstić information content (AvgIpc) is 2.90. The second-order valence-electron chi connectivity index (χ2n) is 5.60. The summed E-state index contributed by atoms with van der Waals surface area (Å²) in [5, 5.41) is 0. The highest BCUT2D eigenvalue weighted by Gasteiger charge is 2.21. The number of carbonyl (C=O) groups excluding carboxylic acids is 1. The summed E-state index contributed by atoms with van der Waals surface area (Å²) in [6.07, 6.45) is 4.56. The molecule has 0 saturated carbocycles. The lowest BCUT2D eigenvalue weighted by molar-refractivity contribution is 0.0970. The SMILES string of the molecule is Cc1cc(C(=O)Cn2c(C)nc3c2CCCC3)c(C)s1. The largest absolute Gasteiger partial charge is 0.324 e. The van der Waals surface area contributed by atoms with Crippen LogP contribution in [0, 0.1) is 20.8 Å². The zero-order valence-electron chi connectivity index (χ0n) is 12.3. The highest BCUT2D eigenvalue weighted by atomic mass is 32.1. The summed E-state index contributed by atoms with van der Waals surface area (Å²) >= 11 is 1.70. The van der Waals surface area contributed by atoms with Gasteiger partial charge in [-0.15, -0.1) is 11.3 Å². The molecule has 3 nitrogen and oxygen atoms in total. The second kappa shape index (κ2) is 5.17. The average molecular weight is 288 g/mol. The van der Waals surface area contributed by atoms with Crippen LogP contribution in [0.15, 0.2) is 6.07 Å². The molecular weight excluding hydrogens is 268 g/mol. The number of hydrogen-bond donors (Lipinski definition) is 0. The highest BCUT2D eigenvalue weighted by Crippen LogP contribution is 2.25. The van der Waals surface area contributed by atoms with Gasteiger partial charge in [-0.25, -0.2) is 4.98 Å². The minimum atomic E-state index is 0.209. The van der Waals surface area contributed by atoms with Crippen LogP contribution in [0.3, 0.4) is 0 Å². The van der Waals surface area contributed by atoms with Gasteiger partial charge in [0.05, 0.1) is 12.2 Å². The number of aryl methyl sites for hydroxylation is 4. The van der Waals surface area contributed by atoms with E-state index >= 15 is 0 Å². The van der Waals surface area contributed by atoms with Crippen LogP contribution in [0.1, 0.15) is 50.2 Å². The maximum Gasteiger partial charge on any atom is 0.183 e. The van der Waals surface area contributed by atoms with Gasteiger partial charge in [-0.05, 0) is 52.5 Å². The molecule has 1 aliphatic rings. The van der Waals surface area contributed by atoms with Crippen molar-refractivity contribution in [3.05, 3.63) is 38.6 Å². The first-order valence-electron chi connectivity index (χ1n) is 7.21. The third kappa shape index (κ3) is 2.33. The van der Waals surface area contributed by atoms with Crippen molar-refractivity contribution in [2.75, 3.05) is 0 Å². The molecule has 0 spiro atoms. The van der Waals surface area contributed by atoms with Crippen molar-refractivity contribution in [1.82, 2.24) is 9.55 Å². The van der Waals surface area contributed by atoms with Crippen molar-refractivity contribution < 1.29 is 4.79 Å². The second-order valence-corrected chi connectivity index (χ2v) is 7.06. The lowest BCUT2D eigenvalue weighted by atomic mass is 10.0. The van der Waals surface area contributed by atoms with Gasteiger partial charge in [0.2, 0.25) is 0 Å². The number of thiophene rings is 1. The Labute approximate surface area is 123 Å². The number of ketones is 1. The Morgan fingerprint density at radius 3 is 2.75 bits per heavy atom. The maximum atomic E-state index is 12.5. The number of hydrogen-bond acceptors (Lipinski definition) is 3. The molecule has 0 bridgehead atoms. The van der Waals surface area contributed by atoms with Gasteiger partial charge in [-0.1, -0.05) is 0 Å². The Kier molecular flexibility index (Phi) is 3.50. The first-order valence-corrected chi connectivity index (χ1v) is 8.03. The number of rotatable bonds is 3.